The monoisotopic (exact) mass is 412 g/mol. The Kier molecular flexibility index (Phi) is 3.15. The van der Waals surface area contributed by atoms with Crippen molar-refractivity contribution in [2.75, 3.05) is 7.11 Å². The molecule has 5 aromatic rings. The van der Waals surface area contributed by atoms with E-state index < -0.39 is 12.3 Å². The molecule has 3 aromatic carbocycles. The van der Waals surface area contributed by atoms with Crippen LogP contribution in [0.3, 0.4) is 0 Å². The van der Waals surface area contributed by atoms with Crippen LogP contribution in [0.15, 0.2) is 48.5 Å². The third-order valence-corrected chi connectivity index (χ3v) is 6.96. The van der Waals surface area contributed by atoms with Crippen molar-refractivity contribution >= 4 is 49.5 Å². The van der Waals surface area contributed by atoms with Crippen molar-refractivity contribution in [3.8, 4) is 0 Å². The molecule has 0 aliphatic carbocycles. The Morgan fingerprint density at radius 3 is 2.42 bits per heavy atom. The predicted octanol–water partition coefficient (Wildman–Crippen LogP) is 3.25. The Labute approximate surface area is 176 Å². The van der Waals surface area contributed by atoms with E-state index >= 15 is 0 Å². The number of rotatable bonds is 1. The van der Waals surface area contributed by atoms with Crippen LogP contribution in [-0.2, 0) is 17.8 Å². The smallest absolute Gasteiger partial charge is 0.269 e. The van der Waals surface area contributed by atoms with Crippen LogP contribution in [0.25, 0.3) is 43.6 Å². The average Bonchev–Trinajstić information content (AvgIpc) is 3.35. The summed E-state index contributed by atoms with van der Waals surface area (Å²) in [5.74, 6) is 5.98. The molecule has 2 atom stereocenters. The van der Waals surface area contributed by atoms with E-state index in [9.17, 15) is 9.90 Å². The number of nitrogens with two attached hydrogens (primary N) is 1. The molecular weight excluding hydrogens is 392 g/mol. The molecule has 0 radical (unpaired) electrons. The first-order valence-corrected chi connectivity index (χ1v) is 10.4. The van der Waals surface area contributed by atoms with Gasteiger partial charge in [-0.3, -0.25) is 9.80 Å². The fraction of sp³-hybridized carbons (Fsp3) is 0.208. The molecule has 7 nitrogen and oxygen atoms in total. The Balaban J connectivity index is 1.88. The van der Waals surface area contributed by atoms with Gasteiger partial charge >= 0.3 is 0 Å². The Morgan fingerprint density at radius 2 is 1.68 bits per heavy atom. The van der Waals surface area contributed by atoms with E-state index in [0.717, 1.165) is 49.2 Å². The highest BCUT2D eigenvalue weighted by atomic mass is 16.5. The fourth-order valence-electron chi connectivity index (χ4n) is 5.83. The fourth-order valence-corrected chi connectivity index (χ4v) is 5.83. The number of fused-ring (bicyclic) bond motifs is 9. The van der Waals surface area contributed by atoms with Gasteiger partial charge in [0.1, 0.15) is 6.10 Å². The van der Waals surface area contributed by atoms with Crippen LogP contribution >= 0.6 is 0 Å². The number of hydrogen-bond acceptors (Lipinski definition) is 4. The summed E-state index contributed by atoms with van der Waals surface area (Å²) in [7, 11) is 1.63. The number of hydrazine groups is 1. The summed E-state index contributed by atoms with van der Waals surface area (Å²) in [5.41, 5.74) is 5.51. The molecule has 2 aliphatic rings. The second-order valence-corrected chi connectivity index (χ2v) is 8.44. The summed E-state index contributed by atoms with van der Waals surface area (Å²) >= 11 is 0. The van der Waals surface area contributed by atoms with Crippen molar-refractivity contribution in [2.45, 2.75) is 25.4 Å². The van der Waals surface area contributed by atoms with Gasteiger partial charge in [0, 0.05) is 34.2 Å². The van der Waals surface area contributed by atoms with Crippen LogP contribution in [0.2, 0.25) is 0 Å². The molecule has 7 heteroatoms. The van der Waals surface area contributed by atoms with Gasteiger partial charge in [0.15, 0.2) is 6.23 Å². The summed E-state index contributed by atoms with van der Waals surface area (Å²) in [6.07, 6.45) is -1.31. The van der Waals surface area contributed by atoms with Crippen LogP contribution in [0, 0.1) is 0 Å². The number of amides is 1. The lowest BCUT2D eigenvalue weighted by molar-refractivity contribution is -0.0574. The van der Waals surface area contributed by atoms with Crippen molar-refractivity contribution in [2.24, 2.45) is 5.84 Å². The first kappa shape index (κ1) is 17.3. The van der Waals surface area contributed by atoms with Crippen LogP contribution in [0.5, 0.6) is 0 Å². The molecule has 7 rings (SSSR count). The number of aliphatic hydroxyl groups excluding tert-OH is 1. The van der Waals surface area contributed by atoms with E-state index in [1.54, 1.807) is 7.11 Å². The number of ether oxygens (including phenoxy) is 1. The zero-order valence-electron chi connectivity index (χ0n) is 16.9. The lowest BCUT2D eigenvalue weighted by atomic mass is 9.97. The highest BCUT2D eigenvalue weighted by Crippen LogP contribution is 2.48. The van der Waals surface area contributed by atoms with Gasteiger partial charge in [0.05, 0.1) is 35.2 Å². The third kappa shape index (κ3) is 1.88. The van der Waals surface area contributed by atoms with Gasteiger partial charge in [0.25, 0.3) is 5.91 Å². The molecule has 1 amide bonds. The lowest BCUT2D eigenvalue weighted by Gasteiger charge is -2.23. The van der Waals surface area contributed by atoms with Gasteiger partial charge in [-0.1, -0.05) is 36.4 Å². The minimum Gasteiger partial charge on any atom is -0.387 e. The third-order valence-electron chi connectivity index (χ3n) is 6.96. The molecular formula is C24H20N4O3. The molecule has 4 heterocycles. The summed E-state index contributed by atoms with van der Waals surface area (Å²) in [6, 6.07) is 16.2. The Bertz CT molecular complexity index is 1600. The van der Waals surface area contributed by atoms with Crippen LogP contribution in [-0.4, -0.2) is 38.4 Å². The van der Waals surface area contributed by atoms with Crippen LogP contribution < -0.4 is 5.84 Å². The predicted molar refractivity (Wildman–Crippen MR) is 119 cm³/mol. The molecule has 0 fully saturated rings. The average molecular weight is 412 g/mol. The van der Waals surface area contributed by atoms with Gasteiger partial charge in [-0.15, -0.1) is 0 Å². The number of nitrogens with zero attached hydrogens (tertiary/aromatic N) is 3. The normalized spacial score (nSPS) is 20.6. The second-order valence-electron chi connectivity index (χ2n) is 8.44. The SMILES string of the molecule is COC1[C@@H](O)Cn2c3ccccc3c3c4c(c5c6ccccc6n1c5c32)CN(N)C4=O. The molecule has 0 bridgehead atoms. The minimum absolute atomic E-state index is 0.162. The van der Waals surface area contributed by atoms with Crippen LogP contribution in [0.1, 0.15) is 22.1 Å². The van der Waals surface area contributed by atoms with E-state index in [1.807, 2.05) is 42.5 Å². The van der Waals surface area contributed by atoms with Gasteiger partial charge < -0.3 is 19.0 Å². The number of benzene rings is 3. The largest absolute Gasteiger partial charge is 0.387 e. The van der Waals surface area contributed by atoms with Crippen LogP contribution in [0.4, 0.5) is 0 Å². The van der Waals surface area contributed by atoms with Crippen molar-refractivity contribution in [1.29, 1.82) is 0 Å². The molecule has 2 aliphatic heterocycles. The van der Waals surface area contributed by atoms with Gasteiger partial charge in [-0.05, 0) is 17.7 Å². The standard InChI is InChI=1S/C24H20N4O3/c1-31-24-17(29)11-26-15-8-4-2-6-12(15)19-20-14(10-27(25)23(20)30)18-13-7-3-5-9-16(13)28(24)22(18)21(19)26/h2-9,17,24,29H,10-11,25H2,1H3/t17-,24?/m0/s1. The minimum atomic E-state index is -0.757. The zero-order chi connectivity index (χ0) is 21.0. The Hall–Kier alpha value is -3.39. The maximum absolute atomic E-state index is 13.2. The molecule has 31 heavy (non-hydrogen) atoms. The number of carbonyl (C=O) groups excluding carboxylic acids is 1. The molecule has 0 spiro atoms. The maximum Gasteiger partial charge on any atom is 0.269 e. The number of para-hydroxylation sites is 2. The molecule has 1 unspecified atom stereocenters. The number of aliphatic hydroxyl groups is 1. The van der Waals surface area contributed by atoms with E-state index in [0.29, 0.717) is 18.7 Å². The van der Waals surface area contributed by atoms with Crippen molar-refractivity contribution in [1.82, 2.24) is 14.1 Å². The molecule has 2 aromatic heterocycles. The number of aromatic nitrogens is 2. The Morgan fingerprint density at radius 1 is 1.00 bits per heavy atom. The molecule has 0 saturated heterocycles. The van der Waals surface area contributed by atoms with E-state index in [1.165, 1.54) is 5.01 Å². The topological polar surface area (TPSA) is 85.7 Å². The lowest BCUT2D eigenvalue weighted by Crippen LogP contribution is -2.30. The van der Waals surface area contributed by atoms with E-state index in [2.05, 4.69) is 15.2 Å². The first-order valence-electron chi connectivity index (χ1n) is 10.4. The summed E-state index contributed by atoms with van der Waals surface area (Å²) in [4.78, 5) is 13.2. The highest BCUT2D eigenvalue weighted by molar-refractivity contribution is 6.30. The molecule has 154 valence electrons. The zero-order valence-corrected chi connectivity index (χ0v) is 16.9. The molecule has 3 N–H and O–H groups in total. The van der Waals surface area contributed by atoms with Crippen molar-refractivity contribution in [3.05, 3.63) is 59.7 Å². The number of carbonyl (C=O) groups is 1. The molecule has 0 saturated carbocycles. The summed E-state index contributed by atoms with van der Waals surface area (Å²) in [5, 5.41) is 16.5. The van der Waals surface area contributed by atoms with Gasteiger partial charge in [-0.2, -0.15) is 0 Å². The van der Waals surface area contributed by atoms with E-state index in [4.69, 9.17) is 10.6 Å². The summed E-state index contributed by atoms with van der Waals surface area (Å²) in [6.45, 7) is 0.723. The quantitative estimate of drug-likeness (QED) is 0.327. The van der Waals surface area contributed by atoms with Crippen molar-refractivity contribution < 1.29 is 14.6 Å². The maximum atomic E-state index is 13.2. The number of methoxy groups -OCH3 is 1. The van der Waals surface area contributed by atoms with E-state index in [-0.39, 0.29) is 5.91 Å². The summed E-state index contributed by atoms with van der Waals surface area (Å²) < 4.78 is 10.1. The van der Waals surface area contributed by atoms with Gasteiger partial charge in [0.2, 0.25) is 0 Å². The first-order chi connectivity index (χ1) is 15.1. The highest BCUT2D eigenvalue weighted by Gasteiger charge is 2.38. The number of hydrogen-bond donors (Lipinski definition) is 2. The second kappa shape index (κ2) is 5.64. The van der Waals surface area contributed by atoms with Crippen molar-refractivity contribution in [3.63, 3.8) is 0 Å². The van der Waals surface area contributed by atoms with Gasteiger partial charge in [-0.25, -0.2) is 5.84 Å².